The normalized spacial score (nSPS) is 18.6. The number of hydrogen-bond acceptors (Lipinski definition) is 7. The second-order valence-corrected chi connectivity index (χ2v) is 12.3. The van der Waals surface area contributed by atoms with Crippen LogP contribution in [0.15, 0.2) is 40.5 Å². The molecule has 2 saturated heterocycles. The van der Waals surface area contributed by atoms with Gasteiger partial charge in [0.15, 0.2) is 0 Å². The second-order valence-electron chi connectivity index (χ2n) is 10.8. The molecule has 0 radical (unpaired) electrons. The number of carbonyl (C=O) groups is 1. The molecule has 9 heteroatoms. The van der Waals surface area contributed by atoms with Crippen LogP contribution in [0.2, 0.25) is 5.02 Å². The zero-order chi connectivity index (χ0) is 26.3. The number of amides is 1. The number of hydrogen-bond donors (Lipinski definition) is 2. The van der Waals surface area contributed by atoms with Gasteiger partial charge in [0, 0.05) is 24.4 Å². The molecule has 1 amide bonds. The third-order valence-corrected chi connectivity index (χ3v) is 9.36. The maximum Gasteiger partial charge on any atom is 0.224 e. The Kier molecular flexibility index (Phi) is 10.1. The minimum atomic E-state index is 0.0347. The molecule has 1 aromatic heterocycles. The van der Waals surface area contributed by atoms with Gasteiger partial charge < -0.3 is 20.9 Å². The van der Waals surface area contributed by atoms with Crippen LogP contribution in [0.4, 0.5) is 11.5 Å². The minimum absolute atomic E-state index is 0.0347. The van der Waals surface area contributed by atoms with Crippen LogP contribution < -0.4 is 16.0 Å². The van der Waals surface area contributed by atoms with Crippen molar-refractivity contribution in [3.63, 3.8) is 0 Å². The Balaban J connectivity index is 1.29. The van der Waals surface area contributed by atoms with Crippen molar-refractivity contribution in [1.82, 2.24) is 14.9 Å². The summed E-state index contributed by atoms with van der Waals surface area (Å²) < 4.78 is 0. The molecular formula is C28H41ClN6OS. The fourth-order valence-electron chi connectivity index (χ4n) is 5.06. The Labute approximate surface area is 230 Å². The molecule has 4 rings (SSSR count). The number of nitrogens with one attached hydrogen (secondary N) is 1. The number of likely N-dealkylation sites (tertiary alicyclic amines) is 1. The number of rotatable bonds is 10. The third kappa shape index (κ3) is 7.82. The number of aromatic nitrogens is 2. The van der Waals surface area contributed by atoms with E-state index in [1.54, 1.807) is 6.20 Å². The molecule has 0 saturated carbocycles. The molecule has 1 aromatic carbocycles. The van der Waals surface area contributed by atoms with E-state index in [0.717, 1.165) is 74.1 Å². The zero-order valence-electron chi connectivity index (χ0n) is 22.2. The molecule has 2 aliphatic heterocycles. The Morgan fingerprint density at radius 1 is 1.19 bits per heavy atom. The SMILES string of the molecule is CCCCN1CCC(CC(=O)Nc2cccc(Sc3cnc(N4CCC(C)(CN)CC4)cn3)c2Cl)CC1. The van der Waals surface area contributed by atoms with Gasteiger partial charge in [-0.15, -0.1) is 0 Å². The molecule has 2 aromatic rings. The van der Waals surface area contributed by atoms with E-state index in [1.807, 2.05) is 24.4 Å². The molecule has 0 aliphatic carbocycles. The number of nitrogens with zero attached hydrogens (tertiary/aromatic N) is 4. The molecule has 7 nitrogen and oxygen atoms in total. The highest BCUT2D eigenvalue weighted by atomic mass is 35.5. The first kappa shape index (κ1) is 28.1. The van der Waals surface area contributed by atoms with Gasteiger partial charge >= 0.3 is 0 Å². The first-order valence-electron chi connectivity index (χ1n) is 13.6. The monoisotopic (exact) mass is 544 g/mol. The average Bonchev–Trinajstić information content (AvgIpc) is 2.91. The lowest BCUT2D eigenvalue weighted by Crippen LogP contribution is -2.42. The molecule has 202 valence electrons. The van der Waals surface area contributed by atoms with Gasteiger partial charge in [0.25, 0.3) is 0 Å². The smallest absolute Gasteiger partial charge is 0.224 e. The molecule has 3 N–H and O–H groups in total. The van der Waals surface area contributed by atoms with E-state index >= 15 is 0 Å². The fraction of sp³-hybridized carbons (Fsp3) is 0.607. The van der Waals surface area contributed by atoms with Crippen molar-refractivity contribution >= 4 is 40.8 Å². The predicted molar refractivity (Wildman–Crippen MR) is 154 cm³/mol. The van der Waals surface area contributed by atoms with Crippen LogP contribution in [0.25, 0.3) is 0 Å². The summed E-state index contributed by atoms with van der Waals surface area (Å²) in [6, 6.07) is 5.72. The minimum Gasteiger partial charge on any atom is -0.355 e. The van der Waals surface area contributed by atoms with Crippen molar-refractivity contribution in [2.24, 2.45) is 17.1 Å². The van der Waals surface area contributed by atoms with Crippen molar-refractivity contribution in [3.8, 4) is 0 Å². The standard InChI is InChI=1S/C28H41ClN6OS/c1-3-4-12-34-13-8-21(9-14-34)17-25(36)33-22-6-5-7-23(27(22)29)37-26-19-31-24(18-32-26)35-15-10-28(2,20-30)11-16-35/h5-7,18-19,21H,3-4,8-17,20,30H2,1-2H3,(H,33,36). The van der Waals surface area contributed by atoms with Crippen LogP contribution >= 0.6 is 23.4 Å². The van der Waals surface area contributed by atoms with E-state index in [9.17, 15) is 4.79 Å². The van der Waals surface area contributed by atoms with Crippen molar-refractivity contribution in [1.29, 1.82) is 0 Å². The van der Waals surface area contributed by atoms with Crippen LogP contribution in [-0.4, -0.2) is 60.0 Å². The number of anilines is 2. The molecule has 0 bridgehead atoms. The largest absolute Gasteiger partial charge is 0.355 e. The van der Waals surface area contributed by atoms with Crippen LogP contribution in [0.1, 0.15) is 58.8 Å². The van der Waals surface area contributed by atoms with Crippen LogP contribution in [0.3, 0.4) is 0 Å². The molecular weight excluding hydrogens is 504 g/mol. The fourth-order valence-corrected chi connectivity index (χ4v) is 6.13. The lowest BCUT2D eigenvalue weighted by molar-refractivity contribution is -0.117. The van der Waals surface area contributed by atoms with Gasteiger partial charge in [0.2, 0.25) is 5.91 Å². The highest BCUT2D eigenvalue weighted by Gasteiger charge is 2.29. The molecule has 37 heavy (non-hydrogen) atoms. The summed E-state index contributed by atoms with van der Waals surface area (Å²) in [7, 11) is 0. The molecule has 0 unspecified atom stereocenters. The number of halogens is 1. The average molecular weight is 545 g/mol. The van der Waals surface area contributed by atoms with E-state index in [2.05, 4.69) is 38.9 Å². The van der Waals surface area contributed by atoms with E-state index in [-0.39, 0.29) is 11.3 Å². The summed E-state index contributed by atoms with van der Waals surface area (Å²) >= 11 is 8.16. The maximum atomic E-state index is 12.8. The first-order chi connectivity index (χ1) is 17.9. The predicted octanol–water partition coefficient (Wildman–Crippen LogP) is 5.69. The van der Waals surface area contributed by atoms with Gasteiger partial charge in [0.1, 0.15) is 10.8 Å². The Hall–Kier alpha value is -1.87. The van der Waals surface area contributed by atoms with Crippen molar-refractivity contribution in [2.45, 2.75) is 68.7 Å². The molecule has 0 atom stereocenters. The number of nitrogens with two attached hydrogens (primary N) is 1. The van der Waals surface area contributed by atoms with Gasteiger partial charge in [-0.05, 0) is 81.7 Å². The quantitative estimate of drug-likeness (QED) is 0.397. The summed E-state index contributed by atoms with van der Waals surface area (Å²) in [4.78, 5) is 27.7. The number of piperidine rings is 2. The second kappa shape index (κ2) is 13.3. The Bertz CT molecular complexity index is 1020. The molecule has 2 fully saturated rings. The third-order valence-electron chi connectivity index (χ3n) is 7.86. The van der Waals surface area contributed by atoms with E-state index in [0.29, 0.717) is 23.0 Å². The summed E-state index contributed by atoms with van der Waals surface area (Å²) in [5.74, 6) is 1.37. The van der Waals surface area contributed by atoms with Gasteiger partial charge in [-0.3, -0.25) is 4.79 Å². The number of carbonyl (C=O) groups excluding carboxylic acids is 1. The van der Waals surface area contributed by atoms with E-state index in [1.165, 1.54) is 31.1 Å². The maximum absolute atomic E-state index is 12.8. The summed E-state index contributed by atoms with van der Waals surface area (Å²) in [6.07, 6.45) is 10.9. The highest BCUT2D eigenvalue weighted by Crippen LogP contribution is 2.37. The topological polar surface area (TPSA) is 87.4 Å². The van der Waals surface area contributed by atoms with Crippen molar-refractivity contribution in [3.05, 3.63) is 35.6 Å². The first-order valence-corrected chi connectivity index (χ1v) is 14.8. The summed E-state index contributed by atoms with van der Waals surface area (Å²) in [6.45, 7) is 10.5. The van der Waals surface area contributed by atoms with Gasteiger partial charge in [-0.1, -0.05) is 49.7 Å². The van der Waals surface area contributed by atoms with Crippen LogP contribution in [0, 0.1) is 11.3 Å². The summed E-state index contributed by atoms with van der Waals surface area (Å²) in [5.41, 5.74) is 6.82. The van der Waals surface area contributed by atoms with E-state index < -0.39 is 0 Å². The van der Waals surface area contributed by atoms with Crippen LogP contribution in [0.5, 0.6) is 0 Å². The van der Waals surface area contributed by atoms with Crippen molar-refractivity contribution in [2.75, 3.05) is 49.5 Å². The molecule has 3 heterocycles. The number of benzene rings is 1. The molecule has 2 aliphatic rings. The zero-order valence-corrected chi connectivity index (χ0v) is 23.8. The van der Waals surface area contributed by atoms with Crippen molar-refractivity contribution < 1.29 is 4.79 Å². The van der Waals surface area contributed by atoms with Gasteiger partial charge in [-0.25, -0.2) is 9.97 Å². The summed E-state index contributed by atoms with van der Waals surface area (Å²) in [5, 5.41) is 4.35. The molecule has 0 spiro atoms. The number of unbranched alkanes of at least 4 members (excludes halogenated alkanes) is 1. The van der Waals surface area contributed by atoms with E-state index in [4.69, 9.17) is 17.3 Å². The van der Waals surface area contributed by atoms with Crippen LogP contribution in [-0.2, 0) is 4.79 Å². The lowest BCUT2D eigenvalue weighted by Gasteiger charge is -2.39. The highest BCUT2D eigenvalue weighted by molar-refractivity contribution is 7.99. The Morgan fingerprint density at radius 2 is 1.95 bits per heavy atom. The Morgan fingerprint density at radius 3 is 2.59 bits per heavy atom. The van der Waals surface area contributed by atoms with Gasteiger partial charge in [0.05, 0.1) is 23.1 Å². The van der Waals surface area contributed by atoms with Gasteiger partial charge in [-0.2, -0.15) is 0 Å². The lowest BCUT2D eigenvalue weighted by atomic mass is 9.80.